The van der Waals surface area contributed by atoms with Crippen LogP contribution in [0.4, 0.5) is 0 Å². The minimum atomic E-state index is 0.0601. The maximum Gasteiger partial charge on any atom is 0.0950 e. The highest BCUT2D eigenvalue weighted by Gasteiger charge is 1.98. The van der Waals surface area contributed by atoms with E-state index in [0.29, 0.717) is 0 Å². The first-order valence-corrected chi connectivity index (χ1v) is 3.48. The van der Waals surface area contributed by atoms with E-state index in [1.807, 2.05) is 6.92 Å². The normalized spacial score (nSPS) is 12.6. The van der Waals surface area contributed by atoms with Gasteiger partial charge in [0.2, 0.25) is 0 Å². The van der Waals surface area contributed by atoms with E-state index in [4.69, 9.17) is 5.26 Å². The van der Waals surface area contributed by atoms with Crippen LogP contribution in [0.1, 0.15) is 26.7 Å². The lowest BCUT2D eigenvalue weighted by Crippen LogP contribution is -2.27. The number of nitrogens with zero attached hydrogens (tertiary/aromatic N) is 1. The molecule has 0 aromatic carbocycles. The summed E-state index contributed by atoms with van der Waals surface area (Å²) in [6.45, 7) is 5.06. The van der Waals surface area contributed by atoms with E-state index in [-0.39, 0.29) is 6.04 Å². The van der Waals surface area contributed by atoms with E-state index >= 15 is 0 Å². The van der Waals surface area contributed by atoms with Gasteiger partial charge >= 0.3 is 0 Å². The van der Waals surface area contributed by atoms with Crippen LogP contribution in [-0.2, 0) is 0 Å². The second kappa shape index (κ2) is 5.58. The summed E-state index contributed by atoms with van der Waals surface area (Å²) in [6, 6.07) is 2.24. The van der Waals surface area contributed by atoms with E-state index in [1.54, 1.807) is 0 Å². The van der Waals surface area contributed by atoms with Gasteiger partial charge < -0.3 is 5.32 Å². The predicted octanol–water partition coefficient (Wildman–Crippen LogP) is 1.29. The maximum atomic E-state index is 8.44. The Labute approximate surface area is 56.9 Å². The quantitative estimate of drug-likeness (QED) is 0.616. The SMILES string of the molecule is CCCNC(C#N)CC. The fraction of sp³-hybridized carbons (Fsp3) is 0.857. The molecule has 0 aliphatic carbocycles. The second-order valence-electron chi connectivity index (χ2n) is 2.04. The third-order valence-corrected chi connectivity index (χ3v) is 1.20. The monoisotopic (exact) mass is 126 g/mol. The zero-order chi connectivity index (χ0) is 7.11. The van der Waals surface area contributed by atoms with Crippen LogP contribution in [0.25, 0.3) is 0 Å². The first-order valence-electron chi connectivity index (χ1n) is 3.48. The second-order valence-corrected chi connectivity index (χ2v) is 2.04. The van der Waals surface area contributed by atoms with Crippen LogP contribution in [0, 0.1) is 11.3 Å². The Bertz CT molecular complexity index is 93.6. The molecule has 0 aromatic rings. The van der Waals surface area contributed by atoms with E-state index in [9.17, 15) is 0 Å². The van der Waals surface area contributed by atoms with Crippen LogP contribution in [0.3, 0.4) is 0 Å². The molecule has 0 aromatic heterocycles. The maximum absolute atomic E-state index is 8.44. The molecule has 0 rings (SSSR count). The van der Waals surface area contributed by atoms with Crippen molar-refractivity contribution in [3.05, 3.63) is 0 Å². The molecule has 0 aliphatic heterocycles. The lowest BCUT2D eigenvalue weighted by atomic mass is 10.2. The molecule has 0 spiro atoms. The first-order chi connectivity index (χ1) is 4.35. The van der Waals surface area contributed by atoms with Gasteiger partial charge in [-0.25, -0.2) is 0 Å². The standard InChI is InChI=1S/C7H14N2/c1-3-5-9-7(4-2)6-8/h7,9H,3-5H2,1-2H3. The topological polar surface area (TPSA) is 35.8 Å². The first kappa shape index (κ1) is 8.45. The Morgan fingerprint density at radius 3 is 2.56 bits per heavy atom. The molecule has 0 amide bonds. The zero-order valence-corrected chi connectivity index (χ0v) is 6.15. The van der Waals surface area contributed by atoms with Gasteiger partial charge in [0.05, 0.1) is 12.1 Å². The minimum Gasteiger partial charge on any atom is -0.302 e. The molecule has 0 aliphatic rings. The van der Waals surface area contributed by atoms with Crippen molar-refractivity contribution >= 4 is 0 Å². The molecule has 0 radical (unpaired) electrons. The lowest BCUT2D eigenvalue weighted by Gasteiger charge is -2.05. The van der Waals surface area contributed by atoms with Crippen LogP contribution in [0.2, 0.25) is 0 Å². The van der Waals surface area contributed by atoms with Gasteiger partial charge in [-0.2, -0.15) is 5.26 Å². The van der Waals surface area contributed by atoms with Crippen LogP contribution in [0.15, 0.2) is 0 Å². The Balaban J connectivity index is 3.23. The third-order valence-electron chi connectivity index (χ3n) is 1.20. The van der Waals surface area contributed by atoms with Gasteiger partial charge in [0, 0.05) is 0 Å². The van der Waals surface area contributed by atoms with Crippen LogP contribution < -0.4 is 5.32 Å². The molecule has 9 heavy (non-hydrogen) atoms. The summed E-state index contributed by atoms with van der Waals surface area (Å²) in [7, 11) is 0. The molecule has 0 saturated carbocycles. The minimum absolute atomic E-state index is 0.0601. The highest BCUT2D eigenvalue weighted by molar-refractivity contribution is 4.87. The number of nitrogens with one attached hydrogen (secondary N) is 1. The number of rotatable bonds is 4. The highest BCUT2D eigenvalue weighted by atomic mass is 14.9. The van der Waals surface area contributed by atoms with E-state index < -0.39 is 0 Å². The van der Waals surface area contributed by atoms with Gasteiger partial charge in [-0.3, -0.25) is 0 Å². The van der Waals surface area contributed by atoms with Crippen molar-refractivity contribution in [1.82, 2.24) is 5.32 Å². The molecular formula is C7H14N2. The van der Waals surface area contributed by atoms with E-state index in [1.165, 1.54) is 0 Å². The van der Waals surface area contributed by atoms with Gasteiger partial charge in [0.25, 0.3) is 0 Å². The van der Waals surface area contributed by atoms with Crippen molar-refractivity contribution in [2.75, 3.05) is 6.54 Å². The van der Waals surface area contributed by atoms with Crippen molar-refractivity contribution in [2.45, 2.75) is 32.7 Å². The molecular weight excluding hydrogens is 112 g/mol. The van der Waals surface area contributed by atoms with Crippen molar-refractivity contribution in [2.24, 2.45) is 0 Å². The molecule has 1 unspecified atom stereocenters. The Morgan fingerprint density at radius 2 is 2.22 bits per heavy atom. The Kier molecular flexibility index (Phi) is 5.24. The van der Waals surface area contributed by atoms with Crippen molar-refractivity contribution in [1.29, 1.82) is 5.26 Å². The molecule has 2 heteroatoms. The number of nitriles is 1. The van der Waals surface area contributed by atoms with Crippen LogP contribution in [0.5, 0.6) is 0 Å². The molecule has 2 nitrogen and oxygen atoms in total. The van der Waals surface area contributed by atoms with Crippen molar-refractivity contribution in [3.8, 4) is 6.07 Å². The smallest absolute Gasteiger partial charge is 0.0950 e. The van der Waals surface area contributed by atoms with Crippen LogP contribution in [-0.4, -0.2) is 12.6 Å². The summed E-state index contributed by atoms with van der Waals surface area (Å²) in [6.07, 6.45) is 1.99. The highest BCUT2D eigenvalue weighted by Crippen LogP contribution is 1.86. The summed E-state index contributed by atoms with van der Waals surface area (Å²) >= 11 is 0. The van der Waals surface area contributed by atoms with Crippen LogP contribution >= 0.6 is 0 Å². The molecule has 52 valence electrons. The average Bonchev–Trinajstić information content (AvgIpc) is 1.91. The molecule has 1 atom stereocenters. The van der Waals surface area contributed by atoms with E-state index in [2.05, 4.69) is 18.3 Å². The predicted molar refractivity (Wildman–Crippen MR) is 38.0 cm³/mol. The average molecular weight is 126 g/mol. The number of hydrogen-bond donors (Lipinski definition) is 1. The molecule has 0 saturated heterocycles. The molecule has 0 bridgehead atoms. The Morgan fingerprint density at radius 1 is 1.56 bits per heavy atom. The summed E-state index contributed by atoms with van der Waals surface area (Å²) in [5.41, 5.74) is 0. The lowest BCUT2D eigenvalue weighted by molar-refractivity contribution is 0.582. The van der Waals surface area contributed by atoms with Gasteiger partial charge in [-0.15, -0.1) is 0 Å². The zero-order valence-electron chi connectivity index (χ0n) is 6.15. The van der Waals surface area contributed by atoms with Crippen molar-refractivity contribution in [3.63, 3.8) is 0 Å². The fourth-order valence-electron chi connectivity index (χ4n) is 0.600. The largest absolute Gasteiger partial charge is 0.302 e. The van der Waals surface area contributed by atoms with E-state index in [0.717, 1.165) is 19.4 Å². The molecule has 1 N–H and O–H groups in total. The summed E-state index contributed by atoms with van der Waals surface area (Å²) in [4.78, 5) is 0. The van der Waals surface area contributed by atoms with Gasteiger partial charge in [-0.05, 0) is 19.4 Å². The Hall–Kier alpha value is -0.550. The third kappa shape index (κ3) is 3.99. The van der Waals surface area contributed by atoms with Gasteiger partial charge in [0.15, 0.2) is 0 Å². The van der Waals surface area contributed by atoms with Gasteiger partial charge in [-0.1, -0.05) is 13.8 Å². The number of hydrogen-bond acceptors (Lipinski definition) is 2. The summed E-state index contributed by atoms with van der Waals surface area (Å²) < 4.78 is 0. The van der Waals surface area contributed by atoms with Gasteiger partial charge in [0.1, 0.15) is 0 Å². The summed E-state index contributed by atoms with van der Waals surface area (Å²) in [5, 5.41) is 11.5. The summed E-state index contributed by atoms with van der Waals surface area (Å²) in [5.74, 6) is 0. The molecule has 0 heterocycles. The fourth-order valence-corrected chi connectivity index (χ4v) is 0.600. The van der Waals surface area contributed by atoms with Crippen molar-refractivity contribution < 1.29 is 0 Å². The molecule has 0 fully saturated rings.